The van der Waals surface area contributed by atoms with Crippen LogP contribution in [0.25, 0.3) is 0 Å². The molecule has 0 fully saturated rings. The molecule has 0 spiro atoms. The number of carbonyl (C=O) groups is 1. The van der Waals surface area contributed by atoms with Crippen molar-refractivity contribution in [2.75, 3.05) is 5.73 Å². The minimum atomic E-state index is -0.270. The number of hydrogen-bond acceptors (Lipinski definition) is 3. The highest BCUT2D eigenvalue weighted by atomic mass is 19.1. The maximum absolute atomic E-state index is 12.8. The predicted octanol–water partition coefficient (Wildman–Crippen LogP) is 2.16. The van der Waals surface area contributed by atoms with Crippen LogP contribution in [-0.4, -0.2) is 16.9 Å². The topological polar surface area (TPSA) is 68.0 Å². The predicted molar refractivity (Wildman–Crippen MR) is 75.7 cm³/mol. The third-order valence-electron chi connectivity index (χ3n) is 2.93. The lowest BCUT2D eigenvalue weighted by molar-refractivity contribution is 0.0940. The standard InChI is InChI=1S/C15H16FN3O/c1-10(8-11-2-4-12(16)5-3-11)19-15(20)13-9-18-7-6-14(13)17/h2-7,9-10H,8H2,1H3,(H2,17,18)(H,19,20). The number of amides is 1. The number of carbonyl (C=O) groups excluding carboxylic acids is 1. The van der Waals surface area contributed by atoms with Crippen molar-refractivity contribution in [3.63, 3.8) is 0 Å². The van der Waals surface area contributed by atoms with Crippen molar-refractivity contribution >= 4 is 11.6 Å². The van der Waals surface area contributed by atoms with Gasteiger partial charge in [-0.25, -0.2) is 4.39 Å². The van der Waals surface area contributed by atoms with Crippen LogP contribution in [0.1, 0.15) is 22.8 Å². The molecular weight excluding hydrogens is 257 g/mol. The number of nitrogens with zero attached hydrogens (tertiary/aromatic N) is 1. The maximum atomic E-state index is 12.8. The van der Waals surface area contributed by atoms with E-state index in [4.69, 9.17) is 5.73 Å². The van der Waals surface area contributed by atoms with E-state index >= 15 is 0 Å². The van der Waals surface area contributed by atoms with E-state index in [-0.39, 0.29) is 17.8 Å². The Bertz CT molecular complexity index is 598. The lowest BCUT2D eigenvalue weighted by atomic mass is 10.1. The highest BCUT2D eigenvalue weighted by molar-refractivity contribution is 5.98. The Morgan fingerprint density at radius 3 is 2.70 bits per heavy atom. The number of pyridine rings is 1. The maximum Gasteiger partial charge on any atom is 0.255 e. The van der Waals surface area contributed by atoms with Crippen LogP contribution in [0, 0.1) is 5.82 Å². The molecule has 0 aliphatic rings. The van der Waals surface area contributed by atoms with E-state index in [0.29, 0.717) is 17.7 Å². The molecular formula is C15H16FN3O. The molecule has 0 radical (unpaired) electrons. The molecule has 3 N–H and O–H groups in total. The summed E-state index contributed by atoms with van der Waals surface area (Å²) in [6, 6.07) is 7.71. The highest BCUT2D eigenvalue weighted by Gasteiger charge is 2.13. The van der Waals surface area contributed by atoms with Gasteiger partial charge in [-0.15, -0.1) is 0 Å². The molecule has 0 saturated carbocycles. The van der Waals surface area contributed by atoms with E-state index < -0.39 is 0 Å². The SMILES string of the molecule is CC(Cc1ccc(F)cc1)NC(=O)c1cnccc1N. The number of anilines is 1. The second kappa shape index (κ2) is 6.14. The van der Waals surface area contributed by atoms with Crippen LogP contribution < -0.4 is 11.1 Å². The molecule has 104 valence electrons. The number of halogens is 1. The molecule has 0 aliphatic heterocycles. The number of rotatable bonds is 4. The van der Waals surface area contributed by atoms with Crippen LogP contribution in [0.5, 0.6) is 0 Å². The lowest BCUT2D eigenvalue weighted by Crippen LogP contribution is -2.34. The Hall–Kier alpha value is -2.43. The van der Waals surface area contributed by atoms with Gasteiger partial charge in [0.15, 0.2) is 0 Å². The average molecular weight is 273 g/mol. The molecule has 1 heterocycles. The molecule has 0 aliphatic carbocycles. The van der Waals surface area contributed by atoms with E-state index in [9.17, 15) is 9.18 Å². The van der Waals surface area contributed by atoms with Crippen LogP contribution in [0.2, 0.25) is 0 Å². The molecule has 1 aromatic carbocycles. The molecule has 5 heteroatoms. The summed E-state index contributed by atoms with van der Waals surface area (Å²) in [5, 5.41) is 2.85. The number of nitrogens with one attached hydrogen (secondary N) is 1. The fourth-order valence-corrected chi connectivity index (χ4v) is 1.92. The van der Waals surface area contributed by atoms with Crippen LogP contribution in [0.4, 0.5) is 10.1 Å². The first kappa shape index (κ1) is 14.0. The van der Waals surface area contributed by atoms with Crippen molar-refractivity contribution in [3.05, 3.63) is 59.7 Å². The van der Waals surface area contributed by atoms with Crippen LogP contribution in [0.3, 0.4) is 0 Å². The van der Waals surface area contributed by atoms with Gasteiger partial charge in [0.1, 0.15) is 5.82 Å². The molecule has 1 aromatic heterocycles. The van der Waals surface area contributed by atoms with Gasteiger partial charge >= 0.3 is 0 Å². The molecule has 4 nitrogen and oxygen atoms in total. The summed E-state index contributed by atoms with van der Waals surface area (Å²) in [6.45, 7) is 1.88. The summed E-state index contributed by atoms with van der Waals surface area (Å²) < 4.78 is 12.8. The van der Waals surface area contributed by atoms with Gasteiger partial charge in [-0.05, 0) is 37.1 Å². The van der Waals surface area contributed by atoms with E-state index in [1.54, 1.807) is 18.2 Å². The highest BCUT2D eigenvalue weighted by Crippen LogP contribution is 2.10. The van der Waals surface area contributed by atoms with Gasteiger partial charge in [0.25, 0.3) is 5.91 Å². The van der Waals surface area contributed by atoms with Gasteiger partial charge < -0.3 is 11.1 Å². The first-order valence-corrected chi connectivity index (χ1v) is 6.31. The molecule has 2 aromatic rings. The first-order chi connectivity index (χ1) is 9.56. The quantitative estimate of drug-likeness (QED) is 0.897. The van der Waals surface area contributed by atoms with Crippen LogP contribution >= 0.6 is 0 Å². The van der Waals surface area contributed by atoms with Gasteiger partial charge in [0.05, 0.1) is 5.56 Å². The summed E-state index contributed by atoms with van der Waals surface area (Å²) in [5.74, 6) is -0.529. The van der Waals surface area contributed by atoms with Crippen molar-refractivity contribution in [2.24, 2.45) is 0 Å². The van der Waals surface area contributed by atoms with Crippen molar-refractivity contribution in [2.45, 2.75) is 19.4 Å². The van der Waals surface area contributed by atoms with Crippen molar-refractivity contribution < 1.29 is 9.18 Å². The number of nitrogens with two attached hydrogens (primary N) is 1. The van der Waals surface area contributed by atoms with Crippen molar-refractivity contribution in [1.82, 2.24) is 10.3 Å². The molecule has 1 amide bonds. The average Bonchev–Trinajstić information content (AvgIpc) is 2.41. The third-order valence-corrected chi connectivity index (χ3v) is 2.93. The molecule has 0 saturated heterocycles. The summed E-state index contributed by atoms with van der Waals surface area (Å²) in [4.78, 5) is 15.9. The van der Waals surface area contributed by atoms with Gasteiger partial charge in [0.2, 0.25) is 0 Å². The fraction of sp³-hybridized carbons (Fsp3) is 0.200. The second-order valence-electron chi connectivity index (χ2n) is 4.67. The normalized spacial score (nSPS) is 11.9. The van der Waals surface area contributed by atoms with Crippen LogP contribution in [-0.2, 0) is 6.42 Å². The molecule has 1 unspecified atom stereocenters. The smallest absolute Gasteiger partial charge is 0.255 e. The Balaban J connectivity index is 1.98. The lowest BCUT2D eigenvalue weighted by Gasteiger charge is -2.14. The summed E-state index contributed by atoms with van der Waals surface area (Å²) >= 11 is 0. The molecule has 1 atom stereocenters. The van der Waals surface area contributed by atoms with E-state index in [2.05, 4.69) is 10.3 Å². The Morgan fingerprint density at radius 1 is 1.35 bits per heavy atom. The monoisotopic (exact) mass is 273 g/mol. The van der Waals surface area contributed by atoms with Gasteiger partial charge in [0, 0.05) is 24.1 Å². The molecule has 2 rings (SSSR count). The molecule has 0 bridgehead atoms. The Labute approximate surface area is 116 Å². The number of nitrogen functional groups attached to an aromatic ring is 1. The van der Waals surface area contributed by atoms with E-state index in [1.807, 2.05) is 6.92 Å². The summed E-state index contributed by atoms with van der Waals surface area (Å²) in [5.41, 5.74) is 7.44. The van der Waals surface area contributed by atoms with Crippen molar-refractivity contribution in [3.8, 4) is 0 Å². The summed E-state index contributed by atoms with van der Waals surface area (Å²) in [6.07, 6.45) is 3.59. The Kier molecular flexibility index (Phi) is 4.30. The largest absolute Gasteiger partial charge is 0.398 e. The van der Waals surface area contributed by atoms with Gasteiger partial charge in [-0.2, -0.15) is 0 Å². The minimum Gasteiger partial charge on any atom is -0.398 e. The Morgan fingerprint density at radius 2 is 2.05 bits per heavy atom. The second-order valence-corrected chi connectivity index (χ2v) is 4.67. The molecule has 20 heavy (non-hydrogen) atoms. The minimum absolute atomic E-state index is 0.0902. The summed E-state index contributed by atoms with van der Waals surface area (Å²) in [7, 11) is 0. The number of benzene rings is 1. The van der Waals surface area contributed by atoms with Gasteiger partial charge in [-0.1, -0.05) is 12.1 Å². The first-order valence-electron chi connectivity index (χ1n) is 6.31. The third kappa shape index (κ3) is 3.54. The number of hydrogen-bond donors (Lipinski definition) is 2. The zero-order chi connectivity index (χ0) is 14.5. The number of aromatic nitrogens is 1. The van der Waals surface area contributed by atoms with E-state index in [0.717, 1.165) is 5.56 Å². The van der Waals surface area contributed by atoms with Crippen molar-refractivity contribution in [1.29, 1.82) is 0 Å². The zero-order valence-electron chi connectivity index (χ0n) is 11.1. The van der Waals surface area contributed by atoms with Crippen LogP contribution in [0.15, 0.2) is 42.7 Å². The zero-order valence-corrected chi connectivity index (χ0v) is 11.1. The van der Waals surface area contributed by atoms with E-state index in [1.165, 1.54) is 24.5 Å². The van der Waals surface area contributed by atoms with Gasteiger partial charge in [-0.3, -0.25) is 9.78 Å². The fourth-order valence-electron chi connectivity index (χ4n) is 1.92.